The molecule has 0 aliphatic carbocycles. The minimum Gasteiger partial charge on any atom is -0.488 e. The van der Waals surface area contributed by atoms with Gasteiger partial charge in [0.05, 0.1) is 28.4 Å². The number of carbonyl (C=O) groups is 3. The zero-order chi connectivity index (χ0) is 26.7. The molecule has 0 spiro atoms. The summed E-state index contributed by atoms with van der Waals surface area (Å²) in [7, 11) is 1.78. The molecule has 1 aliphatic rings. The highest BCUT2D eigenvalue weighted by atomic mass is 32.1. The van der Waals surface area contributed by atoms with Crippen molar-refractivity contribution in [3.8, 4) is 5.75 Å². The summed E-state index contributed by atoms with van der Waals surface area (Å²) < 4.78 is 7.88. The highest BCUT2D eigenvalue weighted by Gasteiger charge is 2.29. The Hall–Kier alpha value is -3.44. The van der Waals surface area contributed by atoms with Crippen LogP contribution < -0.4 is 15.4 Å². The predicted octanol–water partition coefficient (Wildman–Crippen LogP) is 2.95. The van der Waals surface area contributed by atoms with Gasteiger partial charge in [-0.05, 0) is 50.6 Å². The summed E-state index contributed by atoms with van der Waals surface area (Å²) in [5.74, 6) is -0.391. The van der Waals surface area contributed by atoms with Gasteiger partial charge in [-0.15, -0.1) is 0 Å². The lowest BCUT2D eigenvalue weighted by Crippen LogP contribution is -2.47. The molecule has 0 bridgehead atoms. The number of hydrogen-bond donors (Lipinski definition) is 3. The summed E-state index contributed by atoms with van der Waals surface area (Å²) in [6.45, 7) is 6.19. The van der Waals surface area contributed by atoms with Gasteiger partial charge in [0.2, 0.25) is 5.91 Å². The molecule has 1 saturated heterocycles. The average molecular weight is 528 g/mol. The molecule has 198 valence electrons. The van der Waals surface area contributed by atoms with E-state index >= 15 is 0 Å². The molecule has 0 saturated carbocycles. The topological polar surface area (TPSA) is 126 Å². The average Bonchev–Trinajstić information content (AvgIpc) is 3.50. The van der Waals surface area contributed by atoms with Crippen LogP contribution in [0.15, 0.2) is 22.9 Å². The Kier molecular flexibility index (Phi) is 8.13. The van der Waals surface area contributed by atoms with E-state index < -0.39 is 6.61 Å². The maximum Gasteiger partial charge on any atom is 0.272 e. The Labute approximate surface area is 219 Å². The number of aromatic nitrogens is 2. The van der Waals surface area contributed by atoms with Crippen molar-refractivity contribution in [3.63, 3.8) is 0 Å². The second-order valence-electron chi connectivity index (χ2n) is 9.36. The standard InChI is InChI=1S/C26H33N5O5S/c1-5-19-20(29-25(34)16-8-11-37-14-16)12-18-23(36-15(2)3)22(30(4)24(18)28-19)26(35)27-17-6-9-31(10-7-17)21(33)13-32/h8,11-12,14-15,17,32H,5-7,9-10,13H2,1-4H3,(H,27,35)(H,29,34). The van der Waals surface area contributed by atoms with Crippen molar-refractivity contribution in [2.24, 2.45) is 7.05 Å². The lowest BCUT2D eigenvalue weighted by Gasteiger charge is -2.32. The summed E-state index contributed by atoms with van der Waals surface area (Å²) in [5.41, 5.74) is 2.81. The van der Waals surface area contributed by atoms with E-state index in [9.17, 15) is 14.4 Å². The van der Waals surface area contributed by atoms with Crippen LogP contribution in [-0.4, -0.2) is 69.1 Å². The SMILES string of the molecule is CCc1nc2c(cc1NC(=O)c1ccsc1)c(OC(C)C)c(C(=O)NC1CCN(C(=O)CO)CC1)n2C. The van der Waals surface area contributed by atoms with Gasteiger partial charge in [0.1, 0.15) is 12.3 Å². The molecule has 0 unspecified atom stereocenters. The number of thiophene rings is 1. The zero-order valence-corrected chi connectivity index (χ0v) is 22.4. The number of nitrogens with one attached hydrogen (secondary N) is 2. The van der Waals surface area contributed by atoms with Crippen molar-refractivity contribution < 1.29 is 24.2 Å². The molecule has 1 aliphatic heterocycles. The van der Waals surface area contributed by atoms with E-state index in [1.165, 1.54) is 11.3 Å². The van der Waals surface area contributed by atoms with Gasteiger partial charge in [0.25, 0.3) is 11.8 Å². The van der Waals surface area contributed by atoms with Crippen LogP contribution in [0.3, 0.4) is 0 Å². The van der Waals surface area contributed by atoms with Crippen LogP contribution in [-0.2, 0) is 18.3 Å². The Bertz CT molecular complexity index is 1290. The molecule has 3 amide bonds. The number of rotatable bonds is 8. The smallest absolute Gasteiger partial charge is 0.272 e. The fourth-order valence-corrected chi connectivity index (χ4v) is 5.19. The molecule has 4 heterocycles. The molecule has 0 atom stereocenters. The maximum atomic E-state index is 13.5. The van der Waals surface area contributed by atoms with Crippen LogP contribution in [0.1, 0.15) is 60.2 Å². The number of likely N-dealkylation sites (tertiary alicyclic amines) is 1. The van der Waals surface area contributed by atoms with Crippen LogP contribution in [0.25, 0.3) is 11.0 Å². The van der Waals surface area contributed by atoms with Crippen LogP contribution >= 0.6 is 11.3 Å². The fourth-order valence-electron chi connectivity index (χ4n) is 4.55. The molecule has 10 nitrogen and oxygen atoms in total. The third kappa shape index (κ3) is 5.62. The number of carbonyl (C=O) groups excluding carboxylic acids is 3. The molecule has 1 fully saturated rings. The largest absolute Gasteiger partial charge is 0.488 e. The molecule has 4 rings (SSSR count). The second kappa shape index (κ2) is 11.3. The number of anilines is 1. The Morgan fingerprint density at radius 1 is 1.24 bits per heavy atom. The van der Waals surface area contributed by atoms with Crippen molar-refractivity contribution >= 4 is 45.8 Å². The van der Waals surface area contributed by atoms with Crippen LogP contribution in [0, 0.1) is 0 Å². The molecule has 3 aromatic heterocycles. The Morgan fingerprint density at radius 3 is 2.57 bits per heavy atom. The number of nitrogens with zero attached hydrogens (tertiary/aromatic N) is 3. The van der Waals surface area contributed by atoms with Crippen LogP contribution in [0.2, 0.25) is 0 Å². The molecule has 11 heteroatoms. The lowest BCUT2D eigenvalue weighted by molar-refractivity contribution is -0.135. The zero-order valence-electron chi connectivity index (χ0n) is 21.5. The minimum absolute atomic E-state index is 0.111. The molecule has 37 heavy (non-hydrogen) atoms. The van der Waals surface area contributed by atoms with Crippen LogP contribution in [0.5, 0.6) is 5.75 Å². The van der Waals surface area contributed by atoms with E-state index in [0.29, 0.717) is 71.8 Å². The van der Waals surface area contributed by atoms with E-state index in [1.54, 1.807) is 28.0 Å². The van der Waals surface area contributed by atoms with Crippen molar-refractivity contribution in [1.29, 1.82) is 0 Å². The van der Waals surface area contributed by atoms with Gasteiger partial charge >= 0.3 is 0 Å². The van der Waals surface area contributed by atoms with Crippen molar-refractivity contribution in [2.75, 3.05) is 25.0 Å². The highest BCUT2D eigenvalue weighted by molar-refractivity contribution is 7.08. The molecular weight excluding hydrogens is 494 g/mol. The summed E-state index contributed by atoms with van der Waals surface area (Å²) in [5, 5.41) is 19.4. The first kappa shape index (κ1) is 26.6. The number of piperidine rings is 1. The van der Waals surface area contributed by atoms with Gasteiger partial charge in [-0.3, -0.25) is 14.4 Å². The molecule has 0 aromatic carbocycles. The lowest BCUT2D eigenvalue weighted by atomic mass is 10.0. The highest BCUT2D eigenvalue weighted by Crippen LogP contribution is 2.36. The van der Waals surface area contributed by atoms with Gasteiger partial charge in [0.15, 0.2) is 11.4 Å². The first-order valence-electron chi connectivity index (χ1n) is 12.4. The number of hydrogen-bond acceptors (Lipinski definition) is 7. The molecule has 0 radical (unpaired) electrons. The Morgan fingerprint density at radius 2 is 1.97 bits per heavy atom. The van der Waals surface area contributed by atoms with Gasteiger partial charge < -0.3 is 29.9 Å². The summed E-state index contributed by atoms with van der Waals surface area (Å²) in [4.78, 5) is 44.4. The summed E-state index contributed by atoms with van der Waals surface area (Å²) >= 11 is 1.45. The summed E-state index contributed by atoms with van der Waals surface area (Å²) in [6, 6.07) is 3.48. The molecular formula is C26H33N5O5S. The van der Waals surface area contributed by atoms with E-state index in [4.69, 9.17) is 14.8 Å². The number of aliphatic hydroxyl groups is 1. The first-order chi connectivity index (χ1) is 17.7. The Balaban J connectivity index is 1.66. The quantitative estimate of drug-likeness (QED) is 0.414. The molecule has 3 aromatic rings. The van der Waals surface area contributed by atoms with E-state index in [2.05, 4.69) is 10.6 Å². The van der Waals surface area contributed by atoms with E-state index in [-0.39, 0.29) is 29.9 Å². The van der Waals surface area contributed by atoms with Crippen molar-refractivity contribution in [2.45, 2.75) is 52.2 Å². The van der Waals surface area contributed by atoms with Crippen LogP contribution in [0.4, 0.5) is 5.69 Å². The third-order valence-corrected chi connectivity index (χ3v) is 7.13. The van der Waals surface area contributed by atoms with Gasteiger partial charge in [-0.2, -0.15) is 11.3 Å². The monoisotopic (exact) mass is 527 g/mol. The number of amides is 3. The van der Waals surface area contributed by atoms with E-state index in [0.717, 1.165) is 0 Å². The number of aryl methyl sites for hydroxylation is 2. The number of aliphatic hydroxyl groups excluding tert-OH is 1. The second-order valence-corrected chi connectivity index (χ2v) is 10.1. The van der Waals surface area contributed by atoms with Gasteiger partial charge in [-0.25, -0.2) is 4.98 Å². The number of ether oxygens (including phenoxy) is 1. The van der Waals surface area contributed by atoms with Gasteiger partial charge in [-0.1, -0.05) is 6.92 Å². The van der Waals surface area contributed by atoms with Crippen molar-refractivity contribution in [3.05, 3.63) is 39.8 Å². The number of pyridine rings is 1. The molecule has 3 N–H and O–H groups in total. The van der Waals surface area contributed by atoms with Gasteiger partial charge in [0, 0.05) is 31.6 Å². The number of fused-ring (bicyclic) bond motifs is 1. The summed E-state index contributed by atoms with van der Waals surface area (Å²) in [6.07, 6.45) is 1.59. The first-order valence-corrected chi connectivity index (χ1v) is 13.4. The fraction of sp³-hybridized carbons (Fsp3) is 0.462. The normalized spacial score (nSPS) is 14.3. The predicted molar refractivity (Wildman–Crippen MR) is 142 cm³/mol. The van der Waals surface area contributed by atoms with Crippen molar-refractivity contribution in [1.82, 2.24) is 19.8 Å². The maximum absolute atomic E-state index is 13.5. The minimum atomic E-state index is -0.509. The van der Waals surface area contributed by atoms with E-state index in [1.807, 2.05) is 32.2 Å². The third-order valence-electron chi connectivity index (χ3n) is 6.45.